The van der Waals surface area contributed by atoms with Crippen LogP contribution in [0.2, 0.25) is 0 Å². The molecule has 0 heterocycles. The number of Topliss-reactive ketones (excluding diaryl/α,β-unsaturated/α-hetero) is 1. The monoisotopic (exact) mass is 288 g/mol. The first-order valence-corrected chi connectivity index (χ1v) is 6.56. The molecule has 0 atom stereocenters. The first-order chi connectivity index (χ1) is 10.1. The van der Waals surface area contributed by atoms with Gasteiger partial charge in [0, 0.05) is 12.0 Å². The highest BCUT2D eigenvalue weighted by Gasteiger charge is 2.14. The molecule has 0 aliphatic heterocycles. The molecule has 0 saturated heterocycles. The van der Waals surface area contributed by atoms with Gasteiger partial charge in [-0.05, 0) is 30.2 Å². The van der Waals surface area contributed by atoms with Crippen molar-refractivity contribution in [3.8, 4) is 11.5 Å². The maximum absolute atomic E-state index is 14.1. The number of hydrogen-bond acceptors (Lipinski definition) is 3. The third-order valence-electron chi connectivity index (χ3n) is 3.34. The summed E-state index contributed by atoms with van der Waals surface area (Å²) in [4.78, 5) is 12.3. The van der Waals surface area contributed by atoms with E-state index in [0.717, 1.165) is 5.56 Å². The molecular weight excluding hydrogens is 271 g/mol. The van der Waals surface area contributed by atoms with E-state index in [9.17, 15) is 9.18 Å². The van der Waals surface area contributed by atoms with E-state index < -0.39 is 5.82 Å². The van der Waals surface area contributed by atoms with Gasteiger partial charge in [-0.2, -0.15) is 0 Å². The van der Waals surface area contributed by atoms with Crippen LogP contribution in [-0.2, 0) is 6.42 Å². The zero-order chi connectivity index (χ0) is 15.4. The lowest BCUT2D eigenvalue weighted by atomic mass is 10.0. The number of carbonyl (C=O) groups is 1. The lowest BCUT2D eigenvalue weighted by Crippen LogP contribution is -2.06. The summed E-state index contributed by atoms with van der Waals surface area (Å²) in [5.74, 6) is 0.127. The van der Waals surface area contributed by atoms with Gasteiger partial charge < -0.3 is 9.47 Å². The summed E-state index contributed by atoms with van der Waals surface area (Å²) < 4.78 is 24.2. The summed E-state index contributed by atoms with van der Waals surface area (Å²) in [5, 5.41) is 0. The summed E-state index contributed by atoms with van der Waals surface area (Å²) in [5.41, 5.74) is 1.76. The van der Waals surface area contributed by atoms with Gasteiger partial charge in [0.25, 0.3) is 0 Å². The SMILES string of the molecule is COc1cc(C(=O)Cc2cccc(OC)c2F)ccc1C. The van der Waals surface area contributed by atoms with E-state index in [1.165, 1.54) is 13.2 Å². The van der Waals surface area contributed by atoms with Crippen molar-refractivity contribution in [2.45, 2.75) is 13.3 Å². The van der Waals surface area contributed by atoms with E-state index in [1.54, 1.807) is 31.4 Å². The number of rotatable bonds is 5. The van der Waals surface area contributed by atoms with Crippen LogP contribution in [0.3, 0.4) is 0 Å². The smallest absolute Gasteiger partial charge is 0.168 e. The Balaban J connectivity index is 2.26. The number of ketones is 1. The Kier molecular flexibility index (Phi) is 4.58. The van der Waals surface area contributed by atoms with Gasteiger partial charge in [-0.25, -0.2) is 4.39 Å². The summed E-state index contributed by atoms with van der Waals surface area (Å²) in [6, 6.07) is 9.99. The molecular formula is C17H17FO3. The fourth-order valence-electron chi connectivity index (χ4n) is 2.12. The van der Waals surface area contributed by atoms with Gasteiger partial charge in [0.15, 0.2) is 17.3 Å². The van der Waals surface area contributed by atoms with Crippen molar-refractivity contribution >= 4 is 5.78 Å². The van der Waals surface area contributed by atoms with Crippen molar-refractivity contribution in [2.75, 3.05) is 14.2 Å². The molecule has 0 aromatic heterocycles. The summed E-state index contributed by atoms with van der Waals surface area (Å²) in [6.07, 6.45) is -0.0186. The average Bonchev–Trinajstić information content (AvgIpc) is 2.49. The molecule has 0 aliphatic rings. The van der Waals surface area contributed by atoms with E-state index in [-0.39, 0.29) is 18.0 Å². The molecule has 2 aromatic carbocycles. The largest absolute Gasteiger partial charge is 0.496 e. The molecule has 4 heteroatoms. The molecule has 0 N–H and O–H groups in total. The number of aryl methyl sites for hydroxylation is 1. The topological polar surface area (TPSA) is 35.5 Å². The quantitative estimate of drug-likeness (QED) is 0.789. The molecule has 0 bridgehead atoms. The summed E-state index contributed by atoms with van der Waals surface area (Å²) in [6.45, 7) is 1.90. The second-order valence-electron chi connectivity index (χ2n) is 4.72. The first-order valence-electron chi connectivity index (χ1n) is 6.56. The lowest BCUT2D eigenvalue weighted by Gasteiger charge is -2.09. The van der Waals surface area contributed by atoms with E-state index >= 15 is 0 Å². The molecule has 110 valence electrons. The Labute approximate surface area is 123 Å². The maximum Gasteiger partial charge on any atom is 0.168 e. The molecule has 0 radical (unpaired) electrons. The fourth-order valence-corrected chi connectivity index (χ4v) is 2.12. The van der Waals surface area contributed by atoms with Gasteiger partial charge in [-0.15, -0.1) is 0 Å². The number of methoxy groups -OCH3 is 2. The molecule has 0 amide bonds. The van der Waals surface area contributed by atoms with Crippen molar-refractivity contribution in [2.24, 2.45) is 0 Å². The summed E-state index contributed by atoms with van der Waals surface area (Å²) in [7, 11) is 2.95. The average molecular weight is 288 g/mol. The van der Waals surface area contributed by atoms with Crippen LogP contribution in [0.5, 0.6) is 11.5 Å². The Morgan fingerprint density at radius 2 is 1.81 bits per heavy atom. The standard InChI is InChI=1S/C17H17FO3/c1-11-7-8-12(10-16(11)21-3)14(19)9-13-5-4-6-15(20-2)17(13)18/h4-8,10H,9H2,1-3H3. The van der Waals surface area contributed by atoms with Crippen molar-refractivity contribution in [3.63, 3.8) is 0 Å². The van der Waals surface area contributed by atoms with Gasteiger partial charge >= 0.3 is 0 Å². The Morgan fingerprint density at radius 1 is 1.10 bits per heavy atom. The van der Waals surface area contributed by atoms with Crippen LogP contribution >= 0.6 is 0 Å². The van der Waals surface area contributed by atoms with Crippen LogP contribution in [-0.4, -0.2) is 20.0 Å². The second-order valence-corrected chi connectivity index (χ2v) is 4.72. The molecule has 0 aliphatic carbocycles. The number of halogens is 1. The van der Waals surface area contributed by atoms with Crippen molar-refractivity contribution in [1.29, 1.82) is 0 Å². The van der Waals surface area contributed by atoms with Crippen molar-refractivity contribution in [3.05, 3.63) is 58.9 Å². The van der Waals surface area contributed by atoms with Crippen LogP contribution < -0.4 is 9.47 Å². The van der Waals surface area contributed by atoms with E-state index in [2.05, 4.69) is 0 Å². The van der Waals surface area contributed by atoms with E-state index in [1.807, 2.05) is 13.0 Å². The molecule has 3 nitrogen and oxygen atoms in total. The predicted octanol–water partition coefficient (Wildman–Crippen LogP) is 3.58. The second kappa shape index (κ2) is 6.39. The Hall–Kier alpha value is -2.36. The zero-order valence-corrected chi connectivity index (χ0v) is 12.3. The molecule has 0 saturated carbocycles. The highest BCUT2D eigenvalue weighted by Crippen LogP contribution is 2.23. The predicted molar refractivity (Wildman–Crippen MR) is 78.7 cm³/mol. The van der Waals surface area contributed by atoms with E-state index in [0.29, 0.717) is 16.9 Å². The number of benzene rings is 2. The van der Waals surface area contributed by atoms with Gasteiger partial charge in [0.2, 0.25) is 0 Å². The normalized spacial score (nSPS) is 10.3. The molecule has 21 heavy (non-hydrogen) atoms. The number of ether oxygens (including phenoxy) is 2. The highest BCUT2D eigenvalue weighted by molar-refractivity contribution is 5.98. The number of carbonyl (C=O) groups excluding carboxylic acids is 1. The fraction of sp³-hybridized carbons (Fsp3) is 0.235. The van der Waals surface area contributed by atoms with Gasteiger partial charge in [0.1, 0.15) is 5.75 Å². The van der Waals surface area contributed by atoms with Gasteiger partial charge in [-0.1, -0.05) is 24.3 Å². The Bertz CT molecular complexity index is 665. The minimum Gasteiger partial charge on any atom is -0.496 e. The van der Waals surface area contributed by atoms with Crippen LogP contribution in [0.25, 0.3) is 0 Å². The maximum atomic E-state index is 14.1. The minimum atomic E-state index is -0.493. The van der Waals surface area contributed by atoms with Crippen LogP contribution in [0.4, 0.5) is 4.39 Å². The lowest BCUT2D eigenvalue weighted by molar-refractivity contribution is 0.0991. The van der Waals surface area contributed by atoms with Crippen LogP contribution in [0.15, 0.2) is 36.4 Å². The summed E-state index contributed by atoms with van der Waals surface area (Å²) >= 11 is 0. The van der Waals surface area contributed by atoms with E-state index in [4.69, 9.17) is 9.47 Å². The van der Waals surface area contributed by atoms with Gasteiger partial charge in [0.05, 0.1) is 14.2 Å². The molecule has 0 spiro atoms. The third-order valence-corrected chi connectivity index (χ3v) is 3.34. The van der Waals surface area contributed by atoms with Crippen molar-refractivity contribution in [1.82, 2.24) is 0 Å². The molecule has 2 rings (SSSR count). The first kappa shape index (κ1) is 15.0. The molecule has 2 aromatic rings. The number of hydrogen-bond donors (Lipinski definition) is 0. The Morgan fingerprint density at radius 3 is 2.48 bits per heavy atom. The minimum absolute atomic E-state index is 0.0186. The van der Waals surface area contributed by atoms with Crippen LogP contribution in [0, 0.1) is 12.7 Å². The van der Waals surface area contributed by atoms with Gasteiger partial charge in [-0.3, -0.25) is 4.79 Å². The van der Waals surface area contributed by atoms with Crippen LogP contribution in [0.1, 0.15) is 21.5 Å². The zero-order valence-electron chi connectivity index (χ0n) is 12.3. The third kappa shape index (κ3) is 3.21. The molecule has 0 fully saturated rings. The highest BCUT2D eigenvalue weighted by atomic mass is 19.1. The van der Waals surface area contributed by atoms with Crippen molar-refractivity contribution < 1.29 is 18.7 Å². The molecule has 0 unspecified atom stereocenters.